The number of rotatable bonds is 7. The molecule has 2 aromatic rings. The molecule has 0 aliphatic rings. The number of nitrogens with zero attached hydrogens (tertiary/aromatic N) is 3. The molecule has 0 aliphatic heterocycles. The van der Waals surface area contributed by atoms with Crippen LogP contribution < -0.4 is 16.0 Å². The Kier molecular flexibility index (Phi) is 10.1. The summed E-state index contributed by atoms with van der Waals surface area (Å²) in [4.78, 5) is 16.4. The minimum absolute atomic E-state index is 0. The van der Waals surface area contributed by atoms with Gasteiger partial charge in [-0.3, -0.25) is 9.48 Å². The monoisotopic (exact) mass is 516 g/mol. The van der Waals surface area contributed by atoms with Crippen molar-refractivity contribution in [2.75, 3.05) is 18.4 Å². The Bertz CT molecular complexity index is 834. The average Bonchev–Trinajstić information content (AvgIpc) is 2.88. The maximum Gasteiger partial charge on any atom is 0.246 e. The van der Waals surface area contributed by atoms with Crippen LogP contribution in [0, 0.1) is 19.7 Å². The number of anilines is 1. The van der Waals surface area contributed by atoms with Crippen molar-refractivity contribution in [3.05, 3.63) is 47.0 Å². The second-order valence-corrected chi connectivity index (χ2v) is 6.77. The van der Waals surface area contributed by atoms with Gasteiger partial charge in [-0.2, -0.15) is 5.10 Å². The van der Waals surface area contributed by atoms with Crippen LogP contribution in [0.1, 0.15) is 30.8 Å². The van der Waals surface area contributed by atoms with E-state index < -0.39 is 0 Å². The van der Waals surface area contributed by atoms with Crippen LogP contribution in [0.3, 0.4) is 0 Å². The molecule has 160 valence electrons. The summed E-state index contributed by atoms with van der Waals surface area (Å²) in [5.74, 6) is -0.0402. The van der Waals surface area contributed by atoms with Crippen LogP contribution in [0.2, 0.25) is 0 Å². The number of aromatic nitrogens is 2. The summed E-state index contributed by atoms with van der Waals surface area (Å²) in [6.07, 6.45) is 0.803. The Balaban J connectivity index is 0.00000420. The minimum atomic E-state index is -0.345. The van der Waals surface area contributed by atoms with Crippen LogP contribution in [-0.4, -0.2) is 40.8 Å². The fourth-order valence-electron chi connectivity index (χ4n) is 2.91. The van der Waals surface area contributed by atoms with Gasteiger partial charge in [-0.25, -0.2) is 9.38 Å². The molecule has 0 radical (unpaired) electrons. The lowest BCUT2D eigenvalue weighted by Crippen LogP contribution is -2.43. The predicted molar refractivity (Wildman–Crippen MR) is 125 cm³/mol. The molecular formula is C20H30FIN6O. The molecule has 0 saturated carbocycles. The Hall–Kier alpha value is -2.17. The Labute approximate surface area is 188 Å². The van der Waals surface area contributed by atoms with E-state index in [1.165, 1.54) is 29.8 Å². The zero-order valence-electron chi connectivity index (χ0n) is 17.5. The summed E-state index contributed by atoms with van der Waals surface area (Å²) < 4.78 is 14.8. The zero-order valence-corrected chi connectivity index (χ0v) is 19.9. The first-order valence-electron chi connectivity index (χ1n) is 9.39. The van der Waals surface area contributed by atoms with Crippen molar-refractivity contribution in [1.29, 1.82) is 0 Å². The maximum atomic E-state index is 12.9. The average molecular weight is 516 g/mol. The maximum absolute atomic E-state index is 12.9. The van der Waals surface area contributed by atoms with Gasteiger partial charge >= 0.3 is 0 Å². The number of aryl methyl sites for hydroxylation is 2. The number of halogens is 2. The summed E-state index contributed by atoms with van der Waals surface area (Å²) >= 11 is 0. The van der Waals surface area contributed by atoms with E-state index in [0.29, 0.717) is 18.2 Å². The Morgan fingerprint density at radius 1 is 1.28 bits per heavy atom. The molecule has 1 heterocycles. The van der Waals surface area contributed by atoms with Crippen LogP contribution >= 0.6 is 24.0 Å². The molecule has 7 nitrogen and oxygen atoms in total. The van der Waals surface area contributed by atoms with Gasteiger partial charge in [-0.1, -0.05) is 0 Å². The molecule has 1 aromatic heterocycles. The normalized spacial score (nSPS) is 12.1. The summed E-state index contributed by atoms with van der Waals surface area (Å²) in [6, 6.07) is 5.74. The summed E-state index contributed by atoms with van der Waals surface area (Å²) in [6.45, 7) is 8.75. The number of guanidine groups is 1. The highest BCUT2D eigenvalue weighted by Crippen LogP contribution is 2.14. The topological polar surface area (TPSA) is 83.3 Å². The van der Waals surface area contributed by atoms with Gasteiger partial charge in [0.25, 0.3) is 0 Å². The molecule has 3 N–H and O–H groups in total. The number of hydrogen-bond donors (Lipinski definition) is 3. The molecule has 0 spiro atoms. The van der Waals surface area contributed by atoms with Gasteiger partial charge in [-0.15, -0.1) is 24.0 Å². The van der Waals surface area contributed by atoms with Gasteiger partial charge in [0.2, 0.25) is 5.91 Å². The third kappa shape index (κ3) is 7.64. The van der Waals surface area contributed by atoms with Gasteiger partial charge in [-0.05, 0) is 63.9 Å². The first kappa shape index (κ1) is 24.9. The number of aliphatic imine (C=N–C) groups is 1. The Morgan fingerprint density at radius 2 is 1.93 bits per heavy atom. The third-order valence-corrected chi connectivity index (χ3v) is 4.41. The molecule has 9 heteroatoms. The molecule has 1 amide bonds. The third-order valence-electron chi connectivity index (χ3n) is 4.41. The summed E-state index contributed by atoms with van der Waals surface area (Å²) in [5.41, 5.74) is 3.92. The zero-order chi connectivity index (χ0) is 20.7. The van der Waals surface area contributed by atoms with Gasteiger partial charge in [0, 0.05) is 31.0 Å². The minimum Gasteiger partial charge on any atom is -0.357 e. The van der Waals surface area contributed by atoms with Crippen molar-refractivity contribution in [2.24, 2.45) is 12.0 Å². The first-order chi connectivity index (χ1) is 13.3. The highest BCUT2D eigenvalue weighted by molar-refractivity contribution is 14.0. The van der Waals surface area contributed by atoms with Crippen LogP contribution in [0.15, 0.2) is 29.3 Å². The van der Waals surface area contributed by atoms with E-state index in [2.05, 4.69) is 39.9 Å². The molecule has 1 atom stereocenters. The van der Waals surface area contributed by atoms with Crippen LogP contribution in [0.5, 0.6) is 0 Å². The predicted octanol–water partition coefficient (Wildman–Crippen LogP) is 2.92. The number of hydrogen-bond acceptors (Lipinski definition) is 3. The molecule has 1 unspecified atom stereocenters. The fraction of sp³-hybridized carbons (Fsp3) is 0.450. The van der Waals surface area contributed by atoms with E-state index in [9.17, 15) is 9.18 Å². The molecule has 0 bridgehead atoms. The van der Waals surface area contributed by atoms with Gasteiger partial charge in [0.05, 0.1) is 5.69 Å². The number of benzene rings is 1. The number of amides is 1. The Morgan fingerprint density at radius 3 is 2.48 bits per heavy atom. The van der Waals surface area contributed by atoms with E-state index in [1.807, 2.05) is 25.6 Å². The number of carbonyl (C=O) groups is 1. The molecule has 0 fully saturated rings. The lowest BCUT2D eigenvalue weighted by molar-refractivity contribution is -0.114. The van der Waals surface area contributed by atoms with Gasteiger partial charge < -0.3 is 16.0 Å². The van der Waals surface area contributed by atoms with Gasteiger partial charge in [0.15, 0.2) is 5.96 Å². The van der Waals surface area contributed by atoms with E-state index in [0.717, 1.165) is 17.8 Å². The highest BCUT2D eigenvalue weighted by Gasteiger charge is 2.14. The quantitative estimate of drug-likeness (QED) is 0.300. The smallest absolute Gasteiger partial charge is 0.246 e. The number of nitrogens with one attached hydrogen (secondary N) is 3. The van der Waals surface area contributed by atoms with Crippen LogP contribution in [0.4, 0.5) is 10.1 Å². The molecule has 2 rings (SSSR count). The van der Waals surface area contributed by atoms with Crippen LogP contribution in [0.25, 0.3) is 0 Å². The van der Waals surface area contributed by atoms with Crippen LogP contribution in [-0.2, 0) is 18.3 Å². The molecule has 29 heavy (non-hydrogen) atoms. The molecular weight excluding hydrogens is 486 g/mol. The van der Waals surface area contributed by atoms with E-state index in [-0.39, 0.29) is 48.3 Å². The van der Waals surface area contributed by atoms with Crippen molar-refractivity contribution < 1.29 is 9.18 Å². The highest BCUT2D eigenvalue weighted by atomic mass is 127. The second-order valence-electron chi connectivity index (χ2n) is 6.77. The molecule has 0 saturated heterocycles. The summed E-state index contributed by atoms with van der Waals surface area (Å²) in [5, 5.41) is 13.6. The SMILES string of the molecule is CCNC(=NCC(=O)Nc1ccc(F)cc1)NC(C)Cc1c(C)nn(C)c1C.I. The van der Waals surface area contributed by atoms with E-state index in [4.69, 9.17) is 0 Å². The van der Waals surface area contributed by atoms with Crippen molar-refractivity contribution in [3.63, 3.8) is 0 Å². The molecule has 0 aliphatic carbocycles. The van der Waals surface area contributed by atoms with Crippen molar-refractivity contribution in [3.8, 4) is 0 Å². The lowest BCUT2D eigenvalue weighted by atomic mass is 10.1. The van der Waals surface area contributed by atoms with Crippen molar-refractivity contribution in [1.82, 2.24) is 20.4 Å². The standard InChI is InChI=1S/C20H29FN6O.HI/c1-6-22-20(23-12-19(28)25-17-9-7-16(21)8-10-17)24-13(2)11-18-14(3)26-27(5)15(18)4;/h7-10,13H,6,11-12H2,1-5H3,(H,25,28)(H2,22,23,24);1H. The molecule has 1 aromatic carbocycles. The fourth-order valence-corrected chi connectivity index (χ4v) is 2.91. The van der Waals surface area contributed by atoms with Crippen molar-refractivity contribution in [2.45, 2.75) is 40.2 Å². The largest absolute Gasteiger partial charge is 0.357 e. The first-order valence-corrected chi connectivity index (χ1v) is 9.39. The number of carbonyl (C=O) groups excluding carboxylic acids is 1. The van der Waals surface area contributed by atoms with Gasteiger partial charge in [0.1, 0.15) is 12.4 Å². The van der Waals surface area contributed by atoms with Crippen molar-refractivity contribution >= 4 is 41.5 Å². The second kappa shape index (κ2) is 11.7. The summed E-state index contributed by atoms with van der Waals surface area (Å²) in [7, 11) is 1.94. The van der Waals surface area contributed by atoms with E-state index >= 15 is 0 Å². The van der Waals surface area contributed by atoms with E-state index in [1.54, 1.807) is 0 Å². The lowest BCUT2D eigenvalue weighted by Gasteiger charge is -2.18.